The number of sulfone groups is 1. The molecular weight excluding hydrogens is 376 g/mol. The molecule has 4 rings (SSSR count). The fraction of sp³-hybridized carbons (Fsp3) is 0.100. The summed E-state index contributed by atoms with van der Waals surface area (Å²) in [5.41, 5.74) is 2.08. The summed E-state index contributed by atoms with van der Waals surface area (Å²) in [5.74, 6) is 0.585. The predicted octanol–water partition coefficient (Wildman–Crippen LogP) is 3.65. The standard InChI is InChI=1S/C20H16N4O3S/c1-2-28(25,26)18-11-7-6-10-15(18)16-12-21-13-17(22-16)20-24-23-19(27-20)14-8-4-3-5-9-14/h3-13H,2H2,1H3. The average Bonchev–Trinajstić information content (AvgIpc) is 3.25. The number of nitrogens with zero attached hydrogens (tertiary/aromatic N) is 4. The highest BCUT2D eigenvalue weighted by Crippen LogP contribution is 2.28. The lowest BCUT2D eigenvalue weighted by molar-refractivity contribution is 0.582. The topological polar surface area (TPSA) is 98.8 Å². The van der Waals surface area contributed by atoms with Crippen LogP contribution in [0.4, 0.5) is 0 Å². The van der Waals surface area contributed by atoms with Gasteiger partial charge in [0.05, 0.1) is 28.7 Å². The van der Waals surface area contributed by atoms with Crippen molar-refractivity contribution in [1.82, 2.24) is 20.2 Å². The van der Waals surface area contributed by atoms with Gasteiger partial charge in [-0.05, 0) is 18.2 Å². The number of rotatable bonds is 5. The zero-order valence-electron chi connectivity index (χ0n) is 15.0. The molecule has 0 atom stereocenters. The van der Waals surface area contributed by atoms with Crippen LogP contribution in [-0.4, -0.2) is 34.3 Å². The van der Waals surface area contributed by atoms with Gasteiger partial charge in [-0.3, -0.25) is 4.98 Å². The molecule has 0 bridgehead atoms. The smallest absolute Gasteiger partial charge is 0.268 e. The van der Waals surface area contributed by atoms with Gasteiger partial charge in [0.15, 0.2) is 9.84 Å². The molecule has 0 saturated carbocycles. The lowest BCUT2D eigenvalue weighted by atomic mass is 10.1. The second-order valence-electron chi connectivity index (χ2n) is 5.97. The van der Waals surface area contributed by atoms with E-state index in [2.05, 4.69) is 20.2 Å². The van der Waals surface area contributed by atoms with Gasteiger partial charge in [0.1, 0.15) is 5.69 Å². The third-order valence-electron chi connectivity index (χ3n) is 4.18. The molecule has 28 heavy (non-hydrogen) atoms. The van der Waals surface area contributed by atoms with E-state index >= 15 is 0 Å². The Kier molecular flexibility index (Phi) is 4.70. The summed E-state index contributed by atoms with van der Waals surface area (Å²) >= 11 is 0. The molecule has 0 fully saturated rings. The van der Waals surface area contributed by atoms with Crippen LogP contribution in [0.25, 0.3) is 34.3 Å². The molecule has 2 aromatic carbocycles. The van der Waals surface area contributed by atoms with Gasteiger partial charge >= 0.3 is 0 Å². The van der Waals surface area contributed by atoms with Gasteiger partial charge in [0.2, 0.25) is 5.89 Å². The maximum Gasteiger partial charge on any atom is 0.268 e. The summed E-state index contributed by atoms with van der Waals surface area (Å²) in [6.07, 6.45) is 3.02. The first-order valence-electron chi connectivity index (χ1n) is 8.62. The van der Waals surface area contributed by atoms with E-state index in [1.54, 1.807) is 31.2 Å². The van der Waals surface area contributed by atoms with Crippen LogP contribution in [0, 0.1) is 0 Å². The Labute approximate surface area is 162 Å². The molecule has 0 saturated heterocycles. The van der Waals surface area contributed by atoms with Gasteiger partial charge in [-0.25, -0.2) is 13.4 Å². The van der Waals surface area contributed by atoms with Gasteiger partial charge < -0.3 is 4.42 Å². The van der Waals surface area contributed by atoms with Gasteiger partial charge in [0.25, 0.3) is 5.89 Å². The molecule has 0 aliphatic heterocycles. The van der Waals surface area contributed by atoms with Crippen LogP contribution in [0.15, 0.2) is 76.3 Å². The molecule has 4 aromatic rings. The van der Waals surface area contributed by atoms with E-state index in [0.717, 1.165) is 5.56 Å². The Morgan fingerprint density at radius 2 is 1.54 bits per heavy atom. The van der Waals surface area contributed by atoms with Gasteiger partial charge in [0, 0.05) is 11.1 Å². The van der Waals surface area contributed by atoms with Crippen molar-refractivity contribution in [2.24, 2.45) is 0 Å². The second-order valence-corrected chi connectivity index (χ2v) is 8.21. The Bertz CT molecular complexity index is 1220. The number of benzene rings is 2. The van der Waals surface area contributed by atoms with E-state index in [1.165, 1.54) is 12.4 Å². The van der Waals surface area contributed by atoms with Crippen LogP contribution in [0.1, 0.15) is 6.92 Å². The molecule has 0 aliphatic rings. The molecule has 0 spiro atoms. The number of hydrogen-bond donors (Lipinski definition) is 0. The maximum absolute atomic E-state index is 12.4. The van der Waals surface area contributed by atoms with E-state index < -0.39 is 9.84 Å². The van der Waals surface area contributed by atoms with Crippen LogP contribution in [0.5, 0.6) is 0 Å². The van der Waals surface area contributed by atoms with Crippen molar-refractivity contribution in [3.63, 3.8) is 0 Å². The first-order valence-corrected chi connectivity index (χ1v) is 10.3. The van der Waals surface area contributed by atoms with Crippen molar-refractivity contribution in [1.29, 1.82) is 0 Å². The minimum absolute atomic E-state index is 0.00122. The fourth-order valence-corrected chi connectivity index (χ4v) is 3.83. The minimum atomic E-state index is -3.41. The van der Waals surface area contributed by atoms with Crippen LogP contribution in [0.3, 0.4) is 0 Å². The first-order chi connectivity index (χ1) is 13.6. The third-order valence-corrected chi connectivity index (χ3v) is 5.96. The summed E-state index contributed by atoms with van der Waals surface area (Å²) < 4.78 is 30.6. The SMILES string of the molecule is CCS(=O)(=O)c1ccccc1-c1cncc(-c2nnc(-c3ccccc3)o2)n1. The normalized spacial score (nSPS) is 11.5. The second kappa shape index (κ2) is 7.32. The van der Waals surface area contributed by atoms with Crippen LogP contribution < -0.4 is 0 Å². The summed E-state index contributed by atoms with van der Waals surface area (Å²) in [6, 6.07) is 16.1. The first kappa shape index (κ1) is 18.0. The minimum Gasteiger partial charge on any atom is -0.415 e. The lowest BCUT2D eigenvalue weighted by Crippen LogP contribution is -2.06. The highest BCUT2D eigenvalue weighted by Gasteiger charge is 2.19. The maximum atomic E-state index is 12.4. The van der Waals surface area contributed by atoms with Crippen molar-refractivity contribution >= 4 is 9.84 Å². The van der Waals surface area contributed by atoms with E-state index in [4.69, 9.17) is 4.42 Å². The van der Waals surface area contributed by atoms with Crippen LogP contribution in [-0.2, 0) is 9.84 Å². The summed E-state index contributed by atoms with van der Waals surface area (Å²) in [7, 11) is -3.41. The van der Waals surface area contributed by atoms with E-state index in [1.807, 2.05) is 30.3 Å². The van der Waals surface area contributed by atoms with Crippen LogP contribution in [0.2, 0.25) is 0 Å². The van der Waals surface area contributed by atoms with Crippen molar-refractivity contribution in [2.45, 2.75) is 11.8 Å². The summed E-state index contributed by atoms with van der Waals surface area (Å²) in [4.78, 5) is 8.91. The molecule has 8 heteroatoms. The van der Waals surface area contributed by atoms with E-state index in [-0.39, 0.29) is 16.5 Å². The van der Waals surface area contributed by atoms with Crippen LogP contribution >= 0.6 is 0 Å². The quantitative estimate of drug-likeness (QED) is 0.511. The molecule has 0 amide bonds. The Morgan fingerprint density at radius 1 is 0.857 bits per heavy atom. The number of hydrogen-bond acceptors (Lipinski definition) is 7. The van der Waals surface area contributed by atoms with E-state index in [9.17, 15) is 8.42 Å². The molecule has 2 heterocycles. The Hall–Kier alpha value is -3.39. The van der Waals surface area contributed by atoms with E-state index in [0.29, 0.717) is 22.8 Å². The molecule has 0 aliphatic carbocycles. The molecule has 0 unspecified atom stereocenters. The summed E-state index contributed by atoms with van der Waals surface area (Å²) in [5, 5.41) is 8.10. The van der Waals surface area contributed by atoms with Crippen molar-refractivity contribution in [3.05, 3.63) is 67.0 Å². The lowest BCUT2D eigenvalue weighted by Gasteiger charge is -2.08. The van der Waals surface area contributed by atoms with Gasteiger partial charge in [-0.2, -0.15) is 0 Å². The number of aromatic nitrogens is 4. The monoisotopic (exact) mass is 392 g/mol. The molecule has 140 valence electrons. The highest BCUT2D eigenvalue weighted by molar-refractivity contribution is 7.91. The molecule has 2 aromatic heterocycles. The predicted molar refractivity (Wildman–Crippen MR) is 104 cm³/mol. The molecule has 0 N–H and O–H groups in total. The molecule has 7 nitrogen and oxygen atoms in total. The zero-order chi connectivity index (χ0) is 19.6. The van der Waals surface area contributed by atoms with Crippen molar-refractivity contribution in [3.8, 4) is 34.3 Å². The third kappa shape index (κ3) is 3.41. The largest absolute Gasteiger partial charge is 0.415 e. The zero-order valence-corrected chi connectivity index (χ0v) is 15.8. The van der Waals surface area contributed by atoms with Crippen molar-refractivity contribution < 1.29 is 12.8 Å². The summed E-state index contributed by atoms with van der Waals surface area (Å²) in [6.45, 7) is 1.61. The average molecular weight is 392 g/mol. The van der Waals surface area contributed by atoms with Crippen molar-refractivity contribution in [2.75, 3.05) is 5.75 Å². The molecular formula is C20H16N4O3S. The Morgan fingerprint density at radius 3 is 2.32 bits per heavy atom. The highest BCUT2D eigenvalue weighted by atomic mass is 32.2. The van der Waals surface area contributed by atoms with Gasteiger partial charge in [-0.15, -0.1) is 10.2 Å². The Balaban J connectivity index is 1.76. The van der Waals surface area contributed by atoms with Gasteiger partial charge in [-0.1, -0.05) is 43.3 Å². The molecule has 0 radical (unpaired) electrons. The fourth-order valence-electron chi connectivity index (χ4n) is 2.73.